The number of aliphatic hydroxyl groups is 1. The highest BCUT2D eigenvalue weighted by Gasteiger charge is 2.30. The number of nitrogens with one attached hydrogen (secondary N) is 1. The summed E-state index contributed by atoms with van der Waals surface area (Å²) in [6, 6.07) is 2.01. The molecule has 0 radical (unpaired) electrons. The predicted molar refractivity (Wildman–Crippen MR) is 78.1 cm³/mol. The molecular formula is C15H21ClN2O2. The molecule has 2 aliphatic rings. The van der Waals surface area contributed by atoms with Gasteiger partial charge in [0, 0.05) is 12.2 Å². The lowest BCUT2D eigenvalue weighted by atomic mass is 10.1. The number of halogens is 1. The summed E-state index contributed by atoms with van der Waals surface area (Å²) in [7, 11) is 0. The predicted octanol–water partition coefficient (Wildman–Crippen LogP) is 2.90. The van der Waals surface area contributed by atoms with Crippen molar-refractivity contribution in [2.75, 3.05) is 0 Å². The summed E-state index contributed by atoms with van der Waals surface area (Å²) in [5.41, 5.74) is 0.619. The van der Waals surface area contributed by atoms with Gasteiger partial charge in [0.15, 0.2) is 0 Å². The minimum atomic E-state index is -0.429. The van der Waals surface area contributed by atoms with Crippen molar-refractivity contribution >= 4 is 17.5 Å². The highest BCUT2D eigenvalue weighted by atomic mass is 35.5. The number of carbonyl (C=O) groups excluding carboxylic acids is 1. The summed E-state index contributed by atoms with van der Waals surface area (Å²) in [5, 5.41) is 13.7. The van der Waals surface area contributed by atoms with Gasteiger partial charge in [0.25, 0.3) is 5.91 Å². The van der Waals surface area contributed by atoms with Crippen LogP contribution in [0.1, 0.15) is 61.5 Å². The van der Waals surface area contributed by atoms with Crippen molar-refractivity contribution in [3.8, 4) is 0 Å². The molecule has 5 heteroatoms. The molecule has 1 aromatic heterocycles. The van der Waals surface area contributed by atoms with E-state index in [1.54, 1.807) is 6.07 Å². The Hall–Kier alpha value is -1.00. The van der Waals surface area contributed by atoms with E-state index >= 15 is 0 Å². The van der Waals surface area contributed by atoms with E-state index in [4.69, 9.17) is 11.6 Å². The van der Waals surface area contributed by atoms with Crippen LogP contribution in [0.2, 0.25) is 5.02 Å². The first-order valence-corrected chi connectivity index (χ1v) is 7.89. The summed E-state index contributed by atoms with van der Waals surface area (Å²) in [5.74, 6) is -0.116. The second-order valence-corrected chi connectivity index (χ2v) is 6.40. The molecule has 4 nitrogen and oxygen atoms in total. The molecule has 0 spiro atoms. The molecule has 2 unspecified atom stereocenters. The molecule has 3 rings (SSSR count). The summed E-state index contributed by atoms with van der Waals surface area (Å²) in [4.78, 5) is 12.4. The van der Waals surface area contributed by atoms with Crippen LogP contribution in [0.15, 0.2) is 12.3 Å². The third-order valence-electron chi connectivity index (χ3n) is 4.28. The molecule has 20 heavy (non-hydrogen) atoms. The van der Waals surface area contributed by atoms with Crippen molar-refractivity contribution in [2.45, 2.75) is 63.1 Å². The van der Waals surface area contributed by atoms with Crippen molar-refractivity contribution in [3.63, 3.8) is 0 Å². The van der Waals surface area contributed by atoms with Crippen molar-refractivity contribution < 1.29 is 9.90 Å². The lowest BCUT2D eigenvalue weighted by molar-refractivity contribution is 0.0810. The molecule has 2 fully saturated rings. The first-order valence-electron chi connectivity index (χ1n) is 7.51. The number of amides is 1. The highest BCUT2D eigenvalue weighted by Crippen LogP contribution is 2.37. The highest BCUT2D eigenvalue weighted by molar-refractivity contribution is 6.31. The molecule has 1 aromatic rings. The van der Waals surface area contributed by atoms with Gasteiger partial charge in [-0.05, 0) is 31.7 Å². The minimum absolute atomic E-state index is 0.116. The van der Waals surface area contributed by atoms with Crippen LogP contribution in [0.5, 0.6) is 0 Å². The topological polar surface area (TPSA) is 54.3 Å². The first-order chi connectivity index (χ1) is 9.65. The van der Waals surface area contributed by atoms with Crippen LogP contribution in [-0.4, -0.2) is 27.7 Å². The molecule has 1 amide bonds. The van der Waals surface area contributed by atoms with Gasteiger partial charge in [-0.25, -0.2) is 0 Å². The zero-order chi connectivity index (χ0) is 14.1. The molecular weight excluding hydrogens is 276 g/mol. The van der Waals surface area contributed by atoms with Crippen LogP contribution in [0, 0.1) is 0 Å². The zero-order valence-corrected chi connectivity index (χ0v) is 12.3. The molecule has 0 saturated heterocycles. The molecule has 2 saturated carbocycles. The third-order valence-corrected chi connectivity index (χ3v) is 4.49. The minimum Gasteiger partial charge on any atom is -0.391 e. The first kappa shape index (κ1) is 14.0. The Bertz CT molecular complexity index is 496. The van der Waals surface area contributed by atoms with Crippen molar-refractivity contribution in [3.05, 3.63) is 23.0 Å². The average molecular weight is 297 g/mol. The Morgan fingerprint density at radius 1 is 1.25 bits per heavy atom. The Balaban J connectivity index is 1.72. The van der Waals surface area contributed by atoms with Gasteiger partial charge in [-0.2, -0.15) is 0 Å². The SMILES string of the molecule is O=C(NC1CCCCCC1O)c1cc(Cl)cn1C1CC1. The third kappa shape index (κ3) is 3.01. The van der Waals surface area contributed by atoms with E-state index in [0.717, 1.165) is 44.9 Å². The lowest BCUT2D eigenvalue weighted by Crippen LogP contribution is -2.43. The fourth-order valence-corrected chi connectivity index (χ4v) is 3.19. The average Bonchev–Trinajstić information content (AvgIpc) is 3.20. The summed E-state index contributed by atoms with van der Waals surface area (Å²) >= 11 is 6.03. The molecule has 0 bridgehead atoms. The van der Waals surface area contributed by atoms with Gasteiger partial charge in [-0.1, -0.05) is 30.9 Å². The molecule has 2 atom stereocenters. The van der Waals surface area contributed by atoms with E-state index in [1.165, 1.54) is 0 Å². The molecule has 110 valence electrons. The van der Waals surface area contributed by atoms with E-state index < -0.39 is 6.10 Å². The number of carbonyl (C=O) groups is 1. The van der Waals surface area contributed by atoms with Gasteiger partial charge in [0.2, 0.25) is 0 Å². The maximum atomic E-state index is 12.4. The molecule has 2 N–H and O–H groups in total. The Morgan fingerprint density at radius 3 is 2.75 bits per heavy atom. The number of nitrogens with zero attached hydrogens (tertiary/aromatic N) is 1. The molecule has 0 aliphatic heterocycles. The van der Waals surface area contributed by atoms with Crippen molar-refractivity contribution in [1.82, 2.24) is 9.88 Å². The number of rotatable bonds is 3. The number of hydrogen-bond donors (Lipinski definition) is 2. The van der Waals surface area contributed by atoms with E-state index in [2.05, 4.69) is 5.32 Å². The number of hydrogen-bond acceptors (Lipinski definition) is 2. The van der Waals surface area contributed by atoms with Crippen LogP contribution in [0.3, 0.4) is 0 Å². The summed E-state index contributed by atoms with van der Waals surface area (Å²) in [6.45, 7) is 0. The van der Waals surface area contributed by atoms with E-state index in [0.29, 0.717) is 16.8 Å². The monoisotopic (exact) mass is 296 g/mol. The fourth-order valence-electron chi connectivity index (χ4n) is 2.98. The number of aliphatic hydroxyl groups excluding tert-OH is 1. The molecule has 1 heterocycles. The van der Waals surface area contributed by atoms with Gasteiger partial charge in [-0.15, -0.1) is 0 Å². The van der Waals surface area contributed by atoms with Crippen LogP contribution in [0.4, 0.5) is 0 Å². The van der Waals surface area contributed by atoms with E-state index in [-0.39, 0.29) is 11.9 Å². The quantitative estimate of drug-likeness (QED) is 0.843. The maximum Gasteiger partial charge on any atom is 0.268 e. The van der Waals surface area contributed by atoms with Gasteiger partial charge in [-0.3, -0.25) is 4.79 Å². The second-order valence-electron chi connectivity index (χ2n) is 5.97. The zero-order valence-electron chi connectivity index (χ0n) is 11.5. The van der Waals surface area contributed by atoms with Crippen LogP contribution >= 0.6 is 11.6 Å². The largest absolute Gasteiger partial charge is 0.391 e. The maximum absolute atomic E-state index is 12.4. The van der Waals surface area contributed by atoms with Crippen LogP contribution in [-0.2, 0) is 0 Å². The van der Waals surface area contributed by atoms with Crippen molar-refractivity contribution in [1.29, 1.82) is 0 Å². The Labute approximate surface area is 124 Å². The summed E-state index contributed by atoms with van der Waals surface area (Å²) < 4.78 is 1.97. The smallest absolute Gasteiger partial charge is 0.268 e. The van der Waals surface area contributed by atoms with Gasteiger partial charge in [0.05, 0.1) is 17.2 Å². The van der Waals surface area contributed by atoms with E-state index in [1.807, 2.05) is 10.8 Å². The Kier molecular flexibility index (Phi) is 4.03. The second kappa shape index (κ2) is 5.78. The van der Waals surface area contributed by atoms with Crippen molar-refractivity contribution in [2.24, 2.45) is 0 Å². The van der Waals surface area contributed by atoms with Gasteiger partial charge in [0.1, 0.15) is 5.69 Å². The van der Waals surface area contributed by atoms with Crippen LogP contribution < -0.4 is 5.32 Å². The standard InChI is InChI=1S/C15H21ClN2O2/c16-10-8-13(18(9-10)11-6-7-11)15(20)17-12-4-2-1-3-5-14(12)19/h8-9,11-12,14,19H,1-7H2,(H,17,20). The summed E-state index contributed by atoms with van der Waals surface area (Å²) in [6.07, 6.45) is 8.48. The van der Waals surface area contributed by atoms with E-state index in [9.17, 15) is 9.90 Å². The number of aromatic nitrogens is 1. The lowest BCUT2D eigenvalue weighted by Gasteiger charge is -2.22. The molecule has 0 aromatic carbocycles. The van der Waals surface area contributed by atoms with Gasteiger partial charge < -0.3 is 15.0 Å². The van der Waals surface area contributed by atoms with Gasteiger partial charge >= 0.3 is 0 Å². The normalized spacial score (nSPS) is 27.1. The Morgan fingerprint density at radius 2 is 2.00 bits per heavy atom. The molecule has 2 aliphatic carbocycles. The fraction of sp³-hybridized carbons (Fsp3) is 0.667. The van der Waals surface area contributed by atoms with Crippen LogP contribution in [0.25, 0.3) is 0 Å².